The molecule has 7 heteroatoms. The van der Waals surface area contributed by atoms with Crippen LogP contribution in [0.2, 0.25) is 0 Å². The minimum absolute atomic E-state index is 0.0510. The Bertz CT molecular complexity index is 773. The van der Waals surface area contributed by atoms with Crippen molar-refractivity contribution in [2.24, 2.45) is 5.92 Å². The van der Waals surface area contributed by atoms with Gasteiger partial charge >= 0.3 is 0 Å². The first kappa shape index (κ1) is 18.1. The maximum Gasteiger partial charge on any atom is 0.228 e. The molecule has 2 saturated heterocycles. The molecule has 2 aromatic rings. The number of piperazine rings is 1. The second kappa shape index (κ2) is 8.19. The van der Waals surface area contributed by atoms with Gasteiger partial charge in [0.05, 0.1) is 18.2 Å². The summed E-state index contributed by atoms with van der Waals surface area (Å²) < 4.78 is 0. The van der Waals surface area contributed by atoms with Gasteiger partial charge in [0.2, 0.25) is 11.8 Å². The highest BCUT2D eigenvalue weighted by molar-refractivity contribution is 7.07. The number of carbonyl (C=O) groups is 2. The number of aromatic nitrogens is 1. The molecule has 27 heavy (non-hydrogen) atoms. The van der Waals surface area contributed by atoms with Crippen LogP contribution in [0.3, 0.4) is 0 Å². The summed E-state index contributed by atoms with van der Waals surface area (Å²) in [7, 11) is 0. The molecule has 0 aliphatic carbocycles. The van der Waals surface area contributed by atoms with E-state index in [0.29, 0.717) is 19.5 Å². The van der Waals surface area contributed by atoms with Gasteiger partial charge in [0.1, 0.15) is 0 Å². The Morgan fingerprint density at radius 2 is 2.00 bits per heavy atom. The minimum Gasteiger partial charge on any atom is -0.340 e. The van der Waals surface area contributed by atoms with Crippen molar-refractivity contribution in [3.8, 4) is 0 Å². The van der Waals surface area contributed by atoms with Crippen LogP contribution >= 0.6 is 11.3 Å². The van der Waals surface area contributed by atoms with Crippen molar-refractivity contribution in [3.05, 3.63) is 52.5 Å². The molecule has 6 nitrogen and oxygen atoms in total. The number of rotatable bonds is 5. The third-order valence-corrected chi connectivity index (χ3v) is 6.05. The molecule has 4 rings (SSSR count). The van der Waals surface area contributed by atoms with E-state index in [1.807, 2.05) is 23.1 Å². The van der Waals surface area contributed by atoms with Crippen molar-refractivity contribution < 1.29 is 9.59 Å². The number of hydrogen-bond acceptors (Lipinski definition) is 5. The molecule has 1 unspecified atom stereocenters. The van der Waals surface area contributed by atoms with Gasteiger partial charge in [-0.05, 0) is 34.5 Å². The highest BCUT2D eigenvalue weighted by Crippen LogP contribution is 2.22. The number of thiophene rings is 1. The topological polar surface area (TPSA) is 56.8 Å². The van der Waals surface area contributed by atoms with Gasteiger partial charge in [0.25, 0.3) is 0 Å². The van der Waals surface area contributed by atoms with E-state index in [4.69, 9.17) is 0 Å². The lowest BCUT2D eigenvalue weighted by Gasteiger charge is -2.35. The van der Waals surface area contributed by atoms with Gasteiger partial charge < -0.3 is 9.80 Å². The van der Waals surface area contributed by atoms with Gasteiger partial charge in [-0.2, -0.15) is 11.3 Å². The van der Waals surface area contributed by atoms with Crippen molar-refractivity contribution in [1.29, 1.82) is 0 Å². The SMILES string of the molecule is O=C1CC(C(=O)N2CCN(Cc3ccsc3)CC2)CN1Cc1ccccn1. The summed E-state index contributed by atoms with van der Waals surface area (Å²) in [4.78, 5) is 35.6. The molecule has 0 saturated carbocycles. The molecule has 2 amide bonds. The van der Waals surface area contributed by atoms with E-state index in [-0.39, 0.29) is 17.7 Å². The molecule has 1 atom stereocenters. The molecule has 0 spiro atoms. The van der Waals surface area contributed by atoms with Crippen LogP contribution in [0.1, 0.15) is 17.7 Å². The maximum absolute atomic E-state index is 12.9. The molecule has 4 heterocycles. The molecule has 2 aliphatic rings. The van der Waals surface area contributed by atoms with E-state index in [2.05, 4.69) is 26.7 Å². The average Bonchev–Trinajstić information content (AvgIpc) is 3.33. The Labute approximate surface area is 163 Å². The summed E-state index contributed by atoms with van der Waals surface area (Å²) in [6.07, 6.45) is 2.05. The third kappa shape index (κ3) is 4.36. The van der Waals surface area contributed by atoms with Gasteiger partial charge in [-0.1, -0.05) is 6.07 Å². The quantitative estimate of drug-likeness (QED) is 0.789. The van der Waals surface area contributed by atoms with E-state index >= 15 is 0 Å². The Morgan fingerprint density at radius 3 is 2.70 bits per heavy atom. The van der Waals surface area contributed by atoms with Crippen molar-refractivity contribution in [2.75, 3.05) is 32.7 Å². The molecule has 0 radical (unpaired) electrons. The van der Waals surface area contributed by atoms with Crippen LogP contribution in [-0.4, -0.2) is 64.2 Å². The number of nitrogens with zero attached hydrogens (tertiary/aromatic N) is 4. The van der Waals surface area contributed by atoms with E-state index in [1.165, 1.54) is 5.56 Å². The molecule has 142 valence electrons. The van der Waals surface area contributed by atoms with E-state index in [0.717, 1.165) is 38.4 Å². The maximum atomic E-state index is 12.9. The third-order valence-electron chi connectivity index (χ3n) is 5.31. The Morgan fingerprint density at radius 1 is 1.15 bits per heavy atom. The van der Waals surface area contributed by atoms with Gasteiger partial charge in [-0.15, -0.1) is 0 Å². The zero-order valence-corrected chi connectivity index (χ0v) is 16.1. The Kier molecular flexibility index (Phi) is 5.50. The first-order chi connectivity index (χ1) is 13.2. The normalized spacial score (nSPS) is 21.0. The number of amides is 2. The number of hydrogen-bond donors (Lipinski definition) is 0. The molecule has 2 aliphatic heterocycles. The fourth-order valence-electron chi connectivity index (χ4n) is 3.80. The summed E-state index contributed by atoms with van der Waals surface area (Å²) >= 11 is 1.72. The summed E-state index contributed by atoms with van der Waals surface area (Å²) in [6, 6.07) is 7.85. The number of carbonyl (C=O) groups excluding carboxylic acids is 2. The highest BCUT2D eigenvalue weighted by atomic mass is 32.1. The molecular weight excluding hydrogens is 360 g/mol. The first-order valence-corrected chi connectivity index (χ1v) is 10.3. The monoisotopic (exact) mass is 384 g/mol. The van der Waals surface area contributed by atoms with Crippen molar-refractivity contribution in [3.63, 3.8) is 0 Å². The molecule has 0 N–H and O–H groups in total. The van der Waals surface area contributed by atoms with Crippen LogP contribution in [0.4, 0.5) is 0 Å². The second-order valence-electron chi connectivity index (χ2n) is 7.23. The Balaban J connectivity index is 1.28. The van der Waals surface area contributed by atoms with Crippen LogP contribution < -0.4 is 0 Å². The number of likely N-dealkylation sites (tertiary alicyclic amines) is 1. The minimum atomic E-state index is -0.218. The highest BCUT2D eigenvalue weighted by Gasteiger charge is 2.37. The lowest BCUT2D eigenvalue weighted by Crippen LogP contribution is -2.50. The standard InChI is InChI=1S/C20H24N4O2S/c25-19-11-17(13-24(19)14-18-3-1-2-5-21-18)20(26)23-8-6-22(7-9-23)12-16-4-10-27-15-16/h1-5,10,15,17H,6-9,11-14H2. The summed E-state index contributed by atoms with van der Waals surface area (Å²) in [5.74, 6) is -0.0400. The van der Waals surface area contributed by atoms with Crippen LogP contribution in [0.5, 0.6) is 0 Å². The number of pyridine rings is 1. The van der Waals surface area contributed by atoms with Crippen molar-refractivity contribution in [1.82, 2.24) is 19.7 Å². The fraction of sp³-hybridized carbons (Fsp3) is 0.450. The van der Waals surface area contributed by atoms with Crippen LogP contribution in [-0.2, 0) is 22.7 Å². The first-order valence-electron chi connectivity index (χ1n) is 9.39. The van der Waals surface area contributed by atoms with E-state index in [9.17, 15) is 9.59 Å². The predicted molar refractivity (Wildman–Crippen MR) is 104 cm³/mol. The molecule has 0 bridgehead atoms. The largest absolute Gasteiger partial charge is 0.340 e. The molecule has 0 aromatic carbocycles. The van der Waals surface area contributed by atoms with Crippen LogP contribution in [0.25, 0.3) is 0 Å². The molecule has 2 fully saturated rings. The van der Waals surface area contributed by atoms with Crippen molar-refractivity contribution >= 4 is 23.2 Å². The summed E-state index contributed by atoms with van der Waals surface area (Å²) in [5.41, 5.74) is 2.20. The van der Waals surface area contributed by atoms with Crippen molar-refractivity contribution in [2.45, 2.75) is 19.5 Å². The van der Waals surface area contributed by atoms with Crippen LogP contribution in [0, 0.1) is 5.92 Å². The van der Waals surface area contributed by atoms with E-state index in [1.54, 1.807) is 22.4 Å². The Hall–Kier alpha value is -2.25. The summed E-state index contributed by atoms with van der Waals surface area (Å²) in [6.45, 7) is 5.20. The summed E-state index contributed by atoms with van der Waals surface area (Å²) in [5, 5.41) is 4.28. The second-order valence-corrected chi connectivity index (χ2v) is 8.01. The average molecular weight is 385 g/mol. The van der Waals surface area contributed by atoms with Crippen LogP contribution in [0.15, 0.2) is 41.2 Å². The fourth-order valence-corrected chi connectivity index (χ4v) is 4.46. The lowest BCUT2D eigenvalue weighted by atomic mass is 10.1. The van der Waals surface area contributed by atoms with Gasteiger partial charge in [-0.25, -0.2) is 0 Å². The zero-order chi connectivity index (χ0) is 18.6. The zero-order valence-electron chi connectivity index (χ0n) is 15.3. The van der Waals surface area contributed by atoms with Gasteiger partial charge in [-0.3, -0.25) is 19.5 Å². The lowest BCUT2D eigenvalue weighted by molar-refractivity contribution is -0.137. The van der Waals surface area contributed by atoms with Gasteiger partial charge in [0.15, 0.2) is 0 Å². The smallest absolute Gasteiger partial charge is 0.228 e. The van der Waals surface area contributed by atoms with Gasteiger partial charge in [0, 0.05) is 51.9 Å². The van der Waals surface area contributed by atoms with E-state index < -0.39 is 0 Å². The molecular formula is C20H24N4O2S. The molecule has 2 aromatic heterocycles. The predicted octanol–water partition coefficient (Wildman–Crippen LogP) is 1.84.